The predicted octanol–water partition coefficient (Wildman–Crippen LogP) is 0.905. The minimum absolute atomic E-state index is 0.0615. The van der Waals surface area contributed by atoms with Gasteiger partial charge in [-0.05, 0) is 18.4 Å². The molecular formula is C19H23BN4O4. The van der Waals surface area contributed by atoms with Gasteiger partial charge in [0.15, 0.2) is 0 Å². The molecule has 0 unspecified atom stereocenters. The third kappa shape index (κ3) is 4.36. The van der Waals surface area contributed by atoms with Crippen LogP contribution in [0.2, 0.25) is 0 Å². The van der Waals surface area contributed by atoms with E-state index in [1.54, 1.807) is 11.1 Å². The molecule has 8 nitrogen and oxygen atoms in total. The van der Waals surface area contributed by atoms with E-state index in [1.807, 2.05) is 24.3 Å². The number of nitrogens with one attached hydrogen (secondary N) is 2. The monoisotopic (exact) mass is 382 g/mol. The first kappa shape index (κ1) is 19.9. The molecule has 1 fully saturated rings. The Labute approximate surface area is 165 Å². The van der Waals surface area contributed by atoms with Crippen LogP contribution in [0.4, 0.5) is 4.79 Å². The number of H-pyrrole nitrogens is 1. The van der Waals surface area contributed by atoms with Gasteiger partial charge in [0.25, 0.3) is 0 Å². The van der Waals surface area contributed by atoms with Crippen molar-refractivity contribution in [3.05, 3.63) is 36.3 Å². The van der Waals surface area contributed by atoms with Gasteiger partial charge in [-0.25, -0.2) is 9.78 Å². The maximum atomic E-state index is 13.0. The smallest absolute Gasteiger partial charge is 0.407 e. The number of aromatic amines is 1. The lowest BCUT2D eigenvalue weighted by molar-refractivity contribution is -0.135. The van der Waals surface area contributed by atoms with Crippen molar-refractivity contribution in [2.45, 2.75) is 24.9 Å². The standard InChI is InChI=1S/C19H23BN4O4/c1-27-11-15(23-19(26)28-2)18(25)24-9-3-4-16(24)17-21-10-14(22-17)12-5-7-13(20)8-6-12/h5-8,10,15-16H,3-4,9,11H2,1-2H3,(H,21,22)(H,23,26)/t15-,16-/m0/s1. The van der Waals surface area contributed by atoms with E-state index in [1.165, 1.54) is 14.2 Å². The number of methoxy groups -OCH3 is 2. The van der Waals surface area contributed by atoms with Crippen molar-refractivity contribution in [3.8, 4) is 11.3 Å². The summed E-state index contributed by atoms with van der Waals surface area (Å²) in [5, 5.41) is 2.53. The number of hydrogen-bond acceptors (Lipinski definition) is 5. The van der Waals surface area contributed by atoms with E-state index in [-0.39, 0.29) is 18.6 Å². The highest BCUT2D eigenvalue weighted by atomic mass is 16.5. The molecule has 146 valence electrons. The number of aromatic nitrogens is 2. The second-order valence-electron chi connectivity index (χ2n) is 6.64. The molecule has 0 saturated carbocycles. The van der Waals surface area contributed by atoms with Crippen molar-refractivity contribution in [2.24, 2.45) is 0 Å². The summed E-state index contributed by atoms with van der Waals surface area (Å²) in [4.78, 5) is 34.1. The molecule has 0 bridgehead atoms. The fourth-order valence-electron chi connectivity index (χ4n) is 3.37. The van der Waals surface area contributed by atoms with E-state index in [0.29, 0.717) is 17.8 Å². The first-order chi connectivity index (χ1) is 13.5. The van der Waals surface area contributed by atoms with Gasteiger partial charge in [-0.2, -0.15) is 0 Å². The number of nitrogens with zero attached hydrogens (tertiary/aromatic N) is 2. The molecule has 2 amide bonds. The van der Waals surface area contributed by atoms with Crippen molar-refractivity contribution in [3.63, 3.8) is 0 Å². The SMILES string of the molecule is [B]c1ccc(-c2cnc([C@@H]3CCCN3C(=O)[C@H](COC)NC(=O)OC)[nH]2)cc1. The Balaban J connectivity index is 1.77. The van der Waals surface area contributed by atoms with Crippen LogP contribution >= 0.6 is 0 Å². The van der Waals surface area contributed by atoms with Crippen LogP contribution in [0.1, 0.15) is 24.7 Å². The van der Waals surface area contributed by atoms with Gasteiger partial charge in [0.2, 0.25) is 5.91 Å². The molecule has 2 aromatic rings. The van der Waals surface area contributed by atoms with Gasteiger partial charge >= 0.3 is 6.09 Å². The Morgan fingerprint density at radius 1 is 1.36 bits per heavy atom. The van der Waals surface area contributed by atoms with Crippen LogP contribution in [-0.4, -0.2) is 68.1 Å². The van der Waals surface area contributed by atoms with Crippen LogP contribution < -0.4 is 10.8 Å². The molecule has 2 atom stereocenters. The third-order valence-electron chi connectivity index (χ3n) is 4.78. The van der Waals surface area contributed by atoms with Gasteiger partial charge in [0.1, 0.15) is 19.7 Å². The fraction of sp³-hybridized carbons (Fsp3) is 0.421. The van der Waals surface area contributed by atoms with E-state index < -0.39 is 12.1 Å². The quantitative estimate of drug-likeness (QED) is 0.724. The molecule has 3 rings (SSSR count). The number of amides is 2. The third-order valence-corrected chi connectivity index (χ3v) is 4.78. The minimum atomic E-state index is -0.815. The summed E-state index contributed by atoms with van der Waals surface area (Å²) < 4.78 is 9.70. The number of carbonyl (C=O) groups excluding carboxylic acids is 2. The first-order valence-electron chi connectivity index (χ1n) is 9.08. The van der Waals surface area contributed by atoms with Gasteiger partial charge in [-0.1, -0.05) is 29.7 Å². The van der Waals surface area contributed by atoms with Gasteiger partial charge in [0, 0.05) is 13.7 Å². The Morgan fingerprint density at radius 2 is 2.11 bits per heavy atom. The highest BCUT2D eigenvalue weighted by Crippen LogP contribution is 2.32. The summed E-state index contributed by atoms with van der Waals surface area (Å²) >= 11 is 0. The van der Waals surface area contributed by atoms with Crippen molar-refractivity contribution >= 4 is 25.3 Å². The zero-order chi connectivity index (χ0) is 20.1. The van der Waals surface area contributed by atoms with Gasteiger partial charge < -0.3 is 24.7 Å². The van der Waals surface area contributed by atoms with E-state index in [4.69, 9.17) is 12.6 Å². The van der Waals surface area contributed by atoms with Crippen LogP contribution in [0.5, 0.6) is 0 Å². The van der Waals surface area contributed by atoms with Crippen LogP contribution in [0, 0.1) is 0 Å². The van der Waals surface area contributed by atoms with E-state index in [0.717, 1.165) is 24.1 Å². The number of carbonyl (C=O) groups is 2. The highest BCUT2D eigenvalue weighted by molar-refractivity contribution is 6.32. The molecule has 1 aromatic carbocycles. The topological polar surface area (TPSA) is 96.6 Å². The first-order valence-corrected chi connectivity index (χ1v) is 9.08. The largest absolute Gasteiger partial charge is 0.453 e. The van der Waals surface area contributed by atoms with Crippen LogP contribution in [0.15, 0.2) is 30.5 Å². The molecule has 0 aliphatic carbocycles. The molecule has 0 spiro atoms. The molecule has 1 aromatic heterocycles. The number of imidazole rings is 1. The zero-order valence-corrected chi connectivity index (χ0v) is 16.0. The van der Waals surface area contributed by atoms with Crippen LogP contribution in [0.3, 0.4) is 0 Å². The Hall–Kier alpha value is -2.81. The van der Waals surface area contributed by atoms with Crippen molar-refractivity contribution < 1.29 is 19.1 Å². The maximum Gasteiger partial charge on any atom is 0.407 e. The lowest BCUT2D eigenvalue weighted by atomic mass is 9.95. The number of benzene rings is 1. The van der Waals surface area contributed by atoms with Crippen molar-refractivity contribution in [1.82, 2.24) is 20.2 Å². The van der Waals surface area contributed by atoms with Crippen molar-refractivity contribution in [1.29, 1.82) is 0 Å². The van der Waals surface area contributed by atoms with Crippen LogP contribution in [0.25, 0.3) is 11.3 Å². The molecule has 2 N–H and O–H groups in total. The summed E-state index contributed by atoms with van der Waals surface area (Å²) in [5.41, 5.74) is 2.52. The predicted molar refractivity (Wildman–Crippen MR) is 104 cm³/mol. The molecule has 1 aliphatic rings. The molecule has 1 saturated heterocycles. The molecule has 28 heavy (non-hydrogen) atoms. The van der Waals surface area contributed by atoms with Crippen LogP contribution in [-0.2, 0) is 14.3 Å². The second kappa shape index (κ2) is 8.92. The number of ether oxygens (including phenoxy) is 2. The second-order valence-corrected chi connectivity index (χ2v) is 6.64. The molecular weight excluding hydrogens is 359 g/mol. The number of hydrogen-bond donors (Lipinski definition) is 2. The average Bonchev–Trinajstić information content (AvgIpc) is 3.36. The summed E-state index contributed by atoms with van der Waals surface area (Å²) in [5.74, 6) is 0.493. The lowest BCUT2D eigenvalue weighted by Gasteiger charge is -2.27. The van der Waals surface area contributed by atoms with Gasteiger partial charge in [-0.3, -0.25) is 4.79 Å². The summed E-state index contributed by atoms with van der Waals surface area (Å²) in [6.07, 6.45) is 2.72. The Bertz CT molecular complexity index is 824. The van der Waals surface area contributed by atoms with E-state index in [2.05, 4.69) is 20.0 Å². The van der Waals surface area contributed by atoms with Crippen molar-refractivity contribution in [2.75, 3.05) is 27.4 Å². The lowest BCUT2D eigenvalue weighted by Crippen LogP contribution is -2.50. The fourth-order valence-corrected chi connectivity index (χ4v) is 3.37. The summed E-state index contributed by atoms with van der Waals surface area (Å²) in [7, 11) is 8.47. The van der Waals surface area contributed by atoms with Gasteiger partial charge in [0.05, 0.1) is 31.6 Å². The highest BCUT2D eigenvalue weighted by Gasteiger charge is 2.36. The maximum absolute atomic E-state index is 13.0. The molecule has 2 heterocycles. The Morgan fingerprint density at radius 3 is 2.79 bits per heavy atom. The number of alkyl carbamates (subject to hydrolysis) is 1. The number of rotatable bonds is 6. The molecule has 9 heteroatoms. The Kier molecular flexibility index (Phi) is 6.36. The minimum Gasteiger partial charge on any atom is -0.453 e. The molecule has 2 radical (unpaired) electrons. The normalized spacial score (nSPS) is 17.4. The summed E-state index contributed by atoms with van der Waals surface area (Å²) in [6.45, 7) is 0.649. The van der Waals surface area contributed by atoms with E-state index in [9.17, 15) is 9.59 Å². The number of likely N-dealkylation sites (tertiary alicyclic amines) is 1. The molecule has 1 aliphatic heterocycles. The van der Waals surface area contributed by atoms with Gasteiger partial charge in [-0.15, -0.1) is 0 Å². The summed E-state index contributed by atoms with van der Waals surface area (Å²) in [6, 6.07) is 6.49. The zero-order valence-electron chi connectivity index (χ0n) is 16.0. The van der Waals surface area contributed by atoms with E-state index >= 15 is 0 Å². The average molecular weight is 382 g/mol.